The molecule has 146 valence electrons. The first-order valence-corrected chi connectivity index (χ1v) is 10.2. The van der Waals surface area contributed by atoms with E-state index in [1.54, 1.807) is 18.0 Å². The monoisotopic (exact) mass is 395 g/mol. The van der Waals surface area contributed by atoms with Crippen LogP contribution in [0.5, 0.6) is 0 Å². The van der Waals surface area contributed by atoms with Gasteiger partial charge in [-0.3, -0.25) is 9.78 Å². The van der Waals surface area contributed by atoms with Crippen LogP contribution in [0, 0.1) is 0 Å². The third-order valence-electron chi connectivity index (χ3n) is 4.23. The normalized spacial score (nSPS) is 12.2. The lowest BCUT2D eigenvalue weighted by atomic mass is 10.1. The molecule has 3 aromatic rings. The molecule has 0 amide bonds. The van der Waals surface area contributed by atoms with E-state index in [1.165, 1.54) is 6.92 Å². The van der Waals surface area contributed by atoms with Gasteiger partial charge in [-0.05, 0) is 37.1 Å². The molecule has 0 bridgehead atoms. The number of hydrogen-bond donors (Lipinski definition) is 0. The minimum Gasteiger partial charge on any atom is -0.455 e. The van der Waals surface area contributed by atoms with Gasteiger partial charge >= 0.3 is 5.97 Å². The van der Waals surface area contributed by atoms with E-state index in [4.69, 9.17) is 9.72 Å². The summed E-state index contributed by atoms with van der Waals surface area (Å²) in [4.78, 5) is 22.0. The smallest absolute Gasteiger partial charge is 0.303 e. The number of ether oxygens (including phenoxy) is 1. The molecule has 1 aromatic carbocycles. The van der Waals surface area contributed by atoms with Crippen LogP contribution in [0.2, 0.25) is 0 Å². The van der Waals surface area contributed by atoms with Gasteiger partial charge in [-0.15, -0.1) is 0 Å². The summed E-state index contributed by atoms with van der Waals surface area (Å²) in [7, 11) is 0. The first kappa shape index (κ1) is 20.1. The quantitative estimate of drug-likeness (QED) is 0.513. The Hall–Kier alpha value is -2.60. The third kappa shape index (κ3) is 4.81. The molecule has 0 aliphatic rings. The highest BCUT2D eigenvalue weighted by Gasteiger charge is 2.25. The molecule has 0 saturated heterocycles. The number of aromatic nitrogens is 3. The van der Waals surface area contributed by atoms with Crippen LogP contribution in [-0.4, -0.2) is 20.5 Å². The van der Waals surface area contributed by atoms with E-state index in [-0.39, 0.29) is 11.9 Å². The van der Waals surface area contributed by atoms with Gasteiger partial charge in [0, 0.05) is 18.0 Å². The highest BCUT2D eigenvalue weighted by atomic mass is 32.2. The summed E-state index contributed by atoms with van der Waals surface area (Å²) in [5.74, 6) is 0.658. The molecule has 0 N–H and O–H groups in total. The number of pyridine rings is 1. The van der Waals surface area contributed by atoms with Gasteiger partial charge in [0.15, 0.2) is 11.9 Å². The van der Waals surface area contributed by atoms with E-state index in [0.29, 0.717) is 6.54 Å². The lowest BCUT2D eigenvalue weighted by molar-refractivity contribution is -0.146. The van der Waals surface area contributed by atoms with Crippen LogP contribution in [0.1, 0.15) is 56.9 Å². The Morgan fingerprint density at radius 2 is 1.82 bits per heavy atom. The molecular formula is C22H25N3O2S. The maximum absolute atomic E-state index is 11.5. The molecular weight excluding hydrogens is 370 g/mol. The number of carbonyl (C=O) groups excluding carboxylic acids is 1. The molecule has 2 heterocycles. The fourth-order valence-corrected chi connectivity index (χ4v) is 4.15. The first-order chi connectivity index (χ1) is 13.5. The number of rotatable bonds is 7. The van der Waals surface area contributed by atoms with Crippen LogP contribution in [0.4, 0.5) is 0 Å². The van der Waals surface area contributed by atoms with Gasteiger partial charge in [-0.1, -0.05) is 49.9 Å². The summed E-state index contributed by atoms with van der Waals surface area (Å²) < 4.78 is 7.59. The highest BCUT2D eigenvalue weighted by Crippen LogP contribution is 2.37. The van der Waals surface area contributed by atoms with Crippen LogP contribution >= 0.6 is 11.8 Å². The molecule has 6 heteroatoms. The van der Waals surface area contributed by atoms with Crippen molar-refractivity contribution in [1.29, 1.82) is 0 Å². The molecule has 3 rings (SSSR count). The van der Waals surface area contributed by atoms with Crippen molar-refractivity contribution in [3.05, 3.63) is 71.9 Å². The molecule has 0 aliphatic heterocycles. The van der Waals surface area contributed by atoms with Crippen molar-refractivity contribution in [3.63, 3.8) is 0 Å². The van der Waals surface area contributed by atoms with Crippen molar-refractivity contribution in [2.45, 2.75) is 56.2 Å². The largest absolute Gasteiger partial charge is 0.455 e. The van der Waals surface area contributed by atoms with Gasteiger partial charge in [-0.2, -0.15) is 0 Å². The Kier molecular flexibility index (Phi) is 6.52. The molecule has 0 fully saturated rings. The molecule has 0 radical (unpaired) electrons. The Labute approximate surface area is 170 Å². The van der Waals surface area contributed by atoms with Crippen LogP contribution in [-0.2, 0) is 16.1 Å². The van der Waals surface area contributed by atoms with Gasteiger partial charge in [-0.25, -0.2) is 4.98 Å². The Bertz CT molecular complexity index is 924. The van der Waals surface area contributed by atoms with Crippen molar-refractivity contribution in [1.82, 2.24) is 14.5 Å². The van der Waals surface area contributed by atoms with Crippen molar-refractivity contribution in [3.8, 4) is 0 Å². The summed E-state index contributed by atoms with van der Waals surface area (Å²) in [6, 6.07) is 16.1. The lowest BCUT2D eigenvalue weighted by Crippen LogP contribution is -2.14. The van der Waals surface area contributed by atoms with Crippen LogP contribution < -0.4 is 0 Å². The first-order valence-electron chi connectivity index (χ1n) is 9.36. The van der Waals surface area contributed by atoms with Crippen LogP contribution in [0.3, 0.4) is 0 Å². The number of hydrogen-bond acceptors (Lipinski definition) is 5. The third-order valence-corrected chi connectivity index (χ3v) is 5.36. The average molecular weight is 396 g/mol. The number of imidazole rings is 1. The Balaban J connectivity index is 2.10. The highest BCUT2D eigenvalue weighted by molar-refractivity contribution is 7.99. The van der Waals surface area contributed by atoms with Crippen molar-refractivity contribution in [2.24, 2.45) is 0 Å². The van der Waals surface area contributed by atoms with E-state index in [1.807, 2.05) is 43.3 Å². The molecule has 28 heavy (non-hydrogen) atoms. The fourth-order valence-electron chi connectivity index (χ4n) is 2.98. The molecule has 1 atom stereocenters. The molecule has 1 unspecified atom stereocenters. The van der Waals surface area contributed by atoms with Crippen LogP contribution in [0.25, 0.3) is 0 Å². The standard InChI is InChI=1S/C22H25N3O2S/c1-15(2)20-22(28-19-11-6-5-7-12-19)25(14-18-10-8-9-13-23-18)21(24-20)16(3)27-17(4)26/h5-13,15-16H,14H2,1-4H3. The second kappa shape index (κ2) is 9.06. The second-order valence-corrected chi connectivity index (χ2v) is 7.95. The van der Waals surface area contributed by atoms with Crippen LogP contribution in [0.15, 0.2) is 64.6 Å². The van der Waals surface area contributed by atoms with Gasteiger partial charge in [0.1, 0.15) is 5.03 Å². The maximum atomic E-state index is 11.5. The molecule has 0 aliphatic carbocycles. The zero-order chi connectivity index (χ0) is 20.1. The molecule has 5 nitrogen and oxygen atoms in total. The number of esters is 1. The average Bonchev–Trinajstić information content (AvgIpc) is 3.01. The maximum Gasteiger partial charge on any atom is 0.303 e. The van der Waals surface area contributed by atoms with E-state index in [0.717, 1.165) is 27.1 Å². The van der Waals surface area contributed by atoms with Crippen molar-refractivity contribution < 1.29 is 9.53 Å². The minimum absolute atomic E-state index is 0.236. The van der Waals surface area contributed by atoms with Crippen molar-refractivity contribution in [2.75, 3.05) is 0 Å². The molecule has 0 saturated carbocycles. The van der Waals surface area contributed by atoms with E-state index in [9.17, 15) is 4.79 Å². The predicted octanol–water partition coefficient (Wildman–Crippen LogP) is 5.23. The zero-order valence-electron chi connectivity index (χ0n) is 16.6. The van der Waals surface area contributed by atoms with Gasteiger partial charge in [0.25, 0.3) is 0 Å². The lowest BCUT2D eigenvalue weighted by Gasteiger charge is -2.16. The fraction of sp³-hybridized carbons (Fsp3) is 0.318. The van der Waals surface area contributed by atoms with Crippen molar-refractivity contribution >= 4 is 17.7 Å². The van der Waals surface area contributed by atoms with E-state index in [2.05, 4.69) is 35.5 Å². The number of benzene rings is 1. The summed E-state index contributed by atoms with van der Waals surface area (Å²) in [5.41, 5.74) is 1.93. The SMILES string of the molecule is CC(=O)OC(C)c1nc(C(C)C)c(Sc2ccccc2)n1Cc1ccccn1. The van der Waals surface area contributed by atoms with Gasteiger partial charge in [0.05, 0.1) is 17.9 Å². The topological polar surface area (TPSA) is 57.0 Å². The Morgan fingerprint density at radius 3 is 2.43 bits per heavy atom. The van der Waals surface area contributed by atoms with E-state index < -0.39 is 6.10 Å². The van der Waals surface area contributed by atoms with Gasteiger partial charge in [0.2, 0.25) is 0 Å². The minimum atomic E-state index is -0.441. The number of nitrogens with zero attached hydrogens (tertiary/aromatic N) is 3. The second-order valence-electron chi connectivity index (χ2n) is 6.89. The summed E-state index contributed by atoms with van der Waals surface area (Å²) in [6.07, 6.45) is 1.35. The molecule has 0 spiro atoms. The summed E-state index contributed by atoms with van der Waals surface area (Å²) in [6.45, 7) is 8.10. The Morgan fingerprint density at radius 1 is 1.11 bits per heavy atom. The summed E-state index contributed by atoms with van der Waals surface area (Å²) in [5, 5.41) is 1.06. The number of carbonyl (C=O) groups is 1. The molecule has 2 aromatic heterocycles. The zero-order valence-corrected chi connectivity index (χ0v) is 17.4. The van der Waals surface area contributed by atoms with Gasteiger partial charge < -0.3 is 9.30 Å². The summed E-state index contributed by atoms with van der Waals surface area (Å²) >= 11 is 1.68. The van der Waals surface area contributed by atoms with E-state index >= 15 is 0 Å². The predicted molar refractivity (Wildman–Crippen MR) is 110 cm³/mol.